The topological polar surface area (TPSA) is 49.9 Å². The highest BCUT2D eigenvalue weighted by atomic mass is 35.5. The number of carbonyl (C=O) groups is 1. The quantitative estimate of drug-likeness (QED) is 0.744. The Hall–Kier alpha value is -2.39. The molecule has 0 fully saturated rings. The largest absolute Gasteiger partial charge is 0.321 e. The molecule has 22 heavy (non-hydrogen) atoms. The standard InChI is InChI=1S/C18H14ClNO2/c1-11(21)17-15(9-12-5-3-2-4-6-12)14-10-13(19)7-8-16(14)20-18(17)22/h2-8,10H,9H2,1H3,(H,20,22). The number of halogens is 1. The molecule has 3 aromatic rings. The van der Waals surface area contributed by atoms with Crippen LogP contribution in [0.3, 0.4) is 0 Å². The summed E-state index contributed by atoms with van der Waals surface area (Å²) in [7, 11) is 0. The van der Waals surface area contributed by atoms with Crippen LogP contribution in [-0.2, 0) is 6.42 Å². The summed E-state index contributed by atoms with van der Waals surface area (Å²) in [5.41, 5.74) is 2.30. The zero-order valence-corrected chi connectivity index (χ0v) is 12.8. The maximum Gasteiger partial charge on any atom is 0.259 e. The van der Waals surface area contributed by atoms with Gasteiger partial charge >= 0.3 is 0 Å². The van der Waals surface area contributed by atoms with Gasteiger partial charge in [-0.2, -0.15) is 0 Å². The molecule has 2 aromatic carbocycles. The minimum absolute atomic E-state index is 0.207. The Balaban J connectivity index is 2.32. The first kappa shape index (κ1) is 14.5. The van der Waals surface area contributed by atoms with E-state index in [1.807, 2.05) is 30.3 Å². The number of H-pyrrole nitrogens is 1. The minimum Gasteiger partial charge on any atom is -0.321 e. The number of fused-ring (bicyclic) bond motifs is 1. The van der Waals surface area contributed by atoms with E-state index in [1.54, 1.807) is 18.2 Å². The molecular weight excluding hydrogens is 298 g/mol. The van der Waals surface area contributed by atoms with Gasteiger partial charge in [-0.1, -0.05) is 41.9 Å². The number of carbonyl (C=O) groups excluding carboxylic acids is 1. The molecular formula is C18H14ClNO2. The Labute approximate surface area is 132 Å². The predicted octanol–water partition coefficient (Wildman–Crippen LogP) is 3.97. The molecule has 0 radical (unpaired) electrons. The van der Waals surface area contributed by atoms with E-state index in [1.165, 1.54) is 6.92 Å². The SMILES string of the molecule is CC(=O)c1c(Cc2ccccc2)c2cc(Cl)ccc2[nH]c1=O. The Kier molecular flexibility index (Phi) is 3.82. The first-order valence-corrected chi connectivity index (χ1v) is 7.33. The van der Waals surface area contributed by atoms with Crippen LogP contribution in [0.25, 0.3) is 10.9 Å². The summed E-state index contributed by atoms with van der Waals surface area (Å²) in [4.78, 5) is 27.0. The summed E-state index contributed by atoms with van der Waals surface area (Å²) in [5.74, 6) is -0.242. The molecule has 0 bridgehead atoms. The zero-order valence-electron chi connectivity index (χ0n) is 12.0. The second-order valence-electron chi connectivity index (χ2n) is 5.22. The lowest BCUT2D eigenvalue weighted by Gasteiger charge is -2.11. The van der Waals surface area contributed by atoms with Gasteiger partial charge in [-0.05, 0) is 42.7 Å². The highest BCUT2D eigenvalue weighted by Crippen LogP contribution is 2.25. The number of benzene rings is 2. The molecule has 0 aliphatic carbocycles. The van der Waals surface area contributed by atoms with E-state index in [2.05, 4.69) is 4.98 Å². The molecule has 0 unspecified atom stereocenters. The van der Waals surface area contributed by atoms with Gasteiger partial charge in [0.25, 0.3) is 5.56 Å². The molecule has 0 atom stereocenters. The lowest BCUT2D eigenvalue weighted by atomic mass is 9.95. The molecule has 0 spiro atoms. The van der Waals surface area contributed by atoms with E-state index in [0.717, 1.165) is 16.5 Å². The average molecular weight is 312 g/mol. The van der Waals surface area contributed by atoms with Gasteiger partial charge in [-0.3, -0.25) is 9.59 Å². The first-order chi connectivity index (χ1) is 10.6. The summed E-state index contributed by atoms with van der Waals surface area (Å²) in [6, 6.07) is 15.0. The molecule has 0 amide bonds. The predicted molar refractivity (Wildman–Crippen MR) is 88.8 cm³/mol. The van der Waals surface area contributed by atoms with Gasteiger partial charge in [-0.15, -0.1) is 0 Å². The van der Waals surface area contributed by atoms with Gasteiger partial charge < -0.3 is 4.98 Å². The smallest absolute Gasteiger partial charge is 0.259 e. The van der Waals surface area contributed by atoms with Crippen LogP contribution in [-0.4, -0.2) is 10.8 Å². The summed E-state index contributed by atoms with van der Waals surface area (Å²) in [6.45, 7) is 1.41. The van der Waals surface area contributed by atoms with Crippen molar-refractivity contribution in [3.05, 3.63) is 80.6 Å². The van der Waals surface area contributed by atoms with E-state index in [0.29, 0.717) is 17.0 Å². The van der Waals surface area contributed by atoms with Crippen molar-refractivity contribution in [3.63, 3.8) is 0 Å². The fourth-order valence-electron chi connectivity index (χ4n) is 2.69. The third-order valence-corrected chi connectivity index (χ3v) is 3.89. The zero-order chi connectivity index (χ0) is 15.7. The summed E-state index contributed by atoms with van der Waals surface area (Å²) in [6.07, 6.45) is 0.510. The van der Waals surface area contributed by atoms with Crippen molar-refractivity contribution in [3.8, 4) is 0 Å². The van der Waals surface area contributed by atoms with Crippen LogP contribution in [0.4, 0.5) is 0 Å². The number of hydrogen-bond donors (Lipinski definition) is 1. The van der Waals surface area contributed by atoms with Gasteiger partial charge in [0.05, 0.1) is 5.56 Å². The number of Topliss-reactive ketones (excluding diaryl/α,β-unsaturated/α-hetero) is 1. The minimum atomic E-state index is -0.353. The van der Waals surface area contributed by atoms with Gasteiger partial charge in [0, 0.05) is 15.9 Å². The molecule has 1 N–H and O–H groups in total. The number of aromatic amines is 1. The second kappa shape index (κ2) is 5.78. The van der Waals surface area contributed by atoms with Crippen molar-refractivity contribution in [2.45, 2.75) is 13.3 Å². The molecule has 1 heterocycles. The maximum atomic E-state index is 12.3. The van der Waals surface area contributed by atoms with Gasteiger partial charge in [0.1, 0.15) is 0 Å². The monoisotopic (exact) mass is 311 g/mol. The van der Waals surface area contributed by atoms with Crippen LogP contribution in [0.15, 0.2) is 53.3 Å². The number of hydrogen-bond acceptors (Lipinski definition) is 2. The average Bonchev–Trinajstić information content (AvgIpc) is 2.48. The van der Waals surface area contributed by atoms with E-state index in [9.17, 15) is 9.59 Å². The van der Waals surface area contributed by atoms with Crippen LogP contribution < -0.4 is 5.56 Å². The number of aromatic nitrogens is 1. The molecule has 0 aliphatic heterocycles. The Morgan fingerprint density at radius 1 is 1.14 bits per heavy atom. The third-order valence-electron chi connectivity index (χ3n) is 3.66. The first-order valence-electron chi connectivity index (χ1n) is 6.95. The fraction of sp³-hybridized carbons (Fsp3) is 0.111. The fourth-order valence-corrected chi connectivity index (χ4v) is 2.86. The van der Waals surface area contributed by atoms with E-state index < -0.39 is 0 Å². The molecule has 0 saturated heterocycles. The lowest BCUT2D eigenvalue weighted by molar-refractivity contribution is 0.101. The van der Waals surface area contributed by atoms with E-state index in [-0.39, 0.29) is 16.9 Å². The van der Waals surface area contributed by atoms with Crippen LogP contribution in [0.5, 0.6) is 0 Å². The van der Waals surface area contributed by atoms with Crippen molar-refractivity contribution in [1.82, 2.24) is 4.98 Å². The number of ketones is 1. The van der Waals surface area contributed by atoms with E-state index >= 15 is 0 Å². The van der Waals surface area contributed by atoms with Gasteiger partial charge in [0.15, 0.2) is 5.78 Å². The lowest BCUT2D eigenvalue weighted by Crippen LogP contribution is -2.19. The molecule has 4 heteroatoms. The number of rotatable bonds is 3. The number of nitrogens with one attached hydrogen (secondary N) is 1. The maximum absolute atomic E-state index is 12.3. The summed E-state index contributed by atoms with van der Waals surface area (Å²) in [5, 5.41) is 1.38. The van der Waals surface area contributed by atoms with Crippen LogP contribution in [0, 0.1) is 0 Å². The molecule has 3 nitrogen and oxygen atoms in total. The van der Waals surface area contributed by atoms with Crippen molar-refractivity contribution in [1.29, 1.82) is 0 Å². The molecule has 0 aliphatic rings. The normalized spacial score (nSPS) is 10.8. The highest BCUT2D eigenvalue weighted by Gasteiger charge is 2.16. The Morgan fingerprint density at radius 3 is 2.55 bits per heavy atom. The Bertz CT molecular complexity index is 914. The van der Waals surface area contributed by atoms with Crippen LogP contribution >= 0.6 is 11.6 Å². The van der Waals surface area contributed by atoms with E-state index in [4.69, 9.17) is 11.6 Å². The molecule has 3 rings (SSSR count). The van der Waals surface area contributed by atoms with Crippen molar-refractivity contribution in [2.24, 2.45) is 0 Å². The highest BCUT2D eigenvalue weighted by molar-refractivity contribution is 6.31. The van der Waals surface area contributed by atoms with Gasteiger partial charge in [-0.25, -0.2) is 0 Å². The van der Waals surface area contributed by atoms with Crippen molar-refractivity contribution < 1.29 is 4.79 Å². The number of pyridine rings is 1. The van der Waals surface area contributed by atoms with Crippen molar-refractivity contribution in [2.75, 3.05) is 0 Å². The molecule has 0 saturated carbocycles. The van der Waals surface area contributed by atoms with Crippen molar-refractivity contribution >= 4 is 28.3 Å². The third kappa shape index (κ3) is 2.68. The summed E-state index contributed by atoms with van der Waals surface area (Å²) < 4.78 is 0. The van der Waals surface area contributed by atoms with Gasteiger partial charge in [0.2, 0.25) is 0 Å². The Morgan fingerprint density at radius 2 is 1.86 bits per heavy atom. The van der Waals surface area contributed by atoms with Crippen LogP contribution in [0.1, 0.15) is 28.4 Å². The second-order valence-corrected chi connectivity index (χ2v) is 5.65. The summed E-state index contributed by atoms with van der Waals surface area (Å²) >= 11 is 6.09. The molecule has 1 aromatic heterocycles. The van der Waals surface area contributed by atoms with Crippen LogP contribution in [0.2, 0.25) is 5.02 Å². The molecule has 110 valence electrons.